The van der Waals surface area contributed by atoms with E-state index in [0.717, 1.165) is 22.6 Å². The topological polar surface area (TPSA) is 56.1 Å². The average molecular weight is 321 g/mol. The molecule has 1 fully saturated rings. The van der Waals surface area contributed by atoms with Crippen molar-refractivity contribution < 1.29 is 9.53 Å². The average Bonchev–Trinajstić information content (AvgIpc) is 3.40. The molecule has 1 heterocycles. The second-order valence-corrected chi connectivity index (χ2v) is 6.03. The second-order valence-electron chi connectivity index (χ2n) is 6.03. The Kier molecular flexibility index (Phi) is 3.69. The van der Waals surface area contributed by atoms with Crippen LogP contribution in [0.15, 0.2) is 48.5 Å². The Morgan fingerprint density at radius 1 is 1.21 bits per heavy atom. The number of para-hydroxylation sites is 2. The van der Waals surface area contributed by atoms with Crippen molar-refractivity contribution in [2.45, 2.75) is 25.4 Å². The fraction of sp³-hybridized carbons (Fsp3) is 0.263. The Labute approximate surface area is 140 Å². The number of imidazole rings is 1. The molecule has 0 bridgehead atoms. The molecule has 0 atom stereocenters. The number of hydrogen-bond donors (Lipinski definition) is 1. The number of hydrogen-bond acceptors (Lipinski definition) is 3. The van der Waals surface area contributed by atoms with Gasteiger partial charge in [0.05, 0.1) is 24.7 Å². The van der Waals surface area contributed by atoms with E-state index < -0.39 is 0 Å². The van der Waals surface area contributed by atoms with E-state index in [-0.39, 0.29) is 5.91 Å². The molecule has 4 rings (SSSR count). The van der Waals surface area contributed by atoms with Gasteiger partial charge in [-0.1, -0.05) is 12.1 Å². The normalized spacial score (nSPS) is 13.9. The minimum Gasteiger partial charge on any atom is -0.497 e. The lowest BCUT2D eigenvalue weighted by molar-refractivity contribution is 0.0949. The molecule has 2 aromatic carbocycles. The van der Waals surface area contributed by atoms with E-state index in [0.29, 0.717) is 18.2 Å². The van der Waals surface area contributed by atoms with Gasteiger partial charge in [-0.3, -0.25) is 4.79 Å². The van der Waals surface area contributed by atoms with E-state index in [2.05, 4.69) is 16.0 Å². The van der Waals surface area contributed by atoms with Crippen LogP contribution >= 0.6 is 0 Å². The number of carbonyl (C=O) groups excluding carboxylic acids is 1. The molecule has 0 radical (unpaired) electrons. The molecule has 24 heavy (non-hydrogen) atoms. The molecule has 0 saturated heterocycles. The predicted molar refractivity (Wildman–Crippen MR) is 92.2 cm³/mol. The van der Waals surface area contributed by atoms with Gasteiger partial charge in [-0.15, -0.1) is 0 Å². The largest absolute Gasteiger partial charge is 0.497 e. The molecule has 122 valence electrons. The van der Waals surface area contributed by atoms with Crippen molar-refractivity contribution in [3.63, 3.8) is 0 Å². The van der Waals surface area contributed by atoms with Crippen molar-refractivity contribution in [1.29, 1.82) is 0 Å². The quantitative estimate of drug-likeness (QED) is 0.784. The van der Waals surface area contributed by atoms with Crippen LogP contribution in [0, 0.1) is 0 Å². The van der Waals surface area contributed by atoms with Crippen LogP contribution < -0.4 is 10.1 Å². The van der Waals surface area contributed by atoms with Gasteiger partial charge < -0.3 is 14.6 Å². The zero-order valence-corrected chi connectivity index (χ0v) is 13.5. The Morgan fingerprint density at radius 2 is 1.96 bits per heavy atom. The van der Waals surface area contributed by atoms with Crippen LogP contribution in [0.25, 0.3) is 11.0 Å². The molecule has 1 N–H and O–H groups in total. The summed E-state index contributed by atoms with van der Waals surface area (Å²) >= 11 is 0. The van der Waals surface area contributed by atoms with E-state index >= 15 is 0 Å². The van der Waals surface area contributed by atoms with E-state index in [9.17, 15) is 4.79 Å². The van der Waals surface area contributed by atoms with Crippen LogP contribution in [-0.2, 0) is 6.54 Å². The van der Waals surface area contributed by atoms with Crippen LogP contribution in [0.4, 0.5) is 0 Å². The molecule has 0 unspecified atom stereocenters. The summed E-state index contributed by atoms with van der Waals surface area (Å²) in [6.45, 7) is 0.427. The summed E-state index contributed by atoms with van der Waals surface area (Å²) in [6.07, 6.45) is 2.36. The lowest BCUT2D eigenvalue weighted by Gasteiger charge is -2.09. The number of nitrogens with zero attached hydrogens (tertiary/aromatic N) is 2. The number of carbonyl (C=O) groups is 1. The number of fused-ring (bicyclic) bond motifs is 1. The summed E-state index contributed by atoms with van der Waals surface area (Å²) in [4.78, 5) is 17.0. The van der Waals surface area contributed by atoms with Gasteiger partial charge in [0.2, 0.25) is 0 Å². The first-order chi connectivity index (χ1) is 11.8. The number of ether oxygens (including phenoxy) is 1. The van der Waals surface area contributed by atoms with Crippen LogP contribution in [0.1, 0.15) is 35.1 Å². The second kappa shape index (κ2) is 6.00. The first-order valence-electron chi connectivity index (χ1n) is 8.14. The lowest BCUT2D eigenvalue weighted by Crippen LogP contribution is -2.24. The van der Waals surface area contributed by atoms with Crippen LogP contribution in [0.5, 0.6) is 5.75 Å². The third-order valence-corrected chi connectivity index (χ3v) is 4.34. The van der Waals surface area contributed by atoms with Crippen LogP contribution in [0.3, 0.4) is 0 Å². The maximum absolute atomic E-state index is 12.3. The van der Waals surface area contributed by atoms with Crippen molar-refractivity contribution >= 4 is 16.9 Å². The smallest absolute Gasteiger partial charge is 0.251 e. The fourth-order valence-corrected chi connectivity index (χ4v) is 2.96. The summed E-state index contributed by atoms with van der Waals surface area (Å²) in [5.41, 5.74) is 2.75. The van der Waals surface area contributed by atoms with Crippen molar-refractivity contribution in [1.82, 2.24) is 14.9 Å². The number of aromatic nitrogens is 2. The third kappa shape index (κ3) is 2.73. The van der Waals surface area contributed by atoms with E-state index in [1.165, 1.54) is 12.8 Å². The van der Waals surface area contributed by atoms with Gasteiger partial charge in [-0.2, -0.15) is 0 Å². The zero-order valence-electron chi connectivity index (χ0n) is 13.5. The third-order valence-electron chi connectivity index (χ3n) is 4.34. The Morgan fingerprint density at radius 3 is 2.67 bits per heavy atom. The number of methoxy groups -OCH3 is 1. The lowest BCUT2D eigenvalue weighted by atomic mass is 10.2. The van der Waals surface area contributed by atoms with Gasteiger partial charge in [0.25, 0.3) is 5.91 Å². The highest BCUT2D eigenvalue weighted by atomic mass is 16.5. The van der Waals surface area contributed by atoms with Gasteiger partial charge >= 0.3 is 0 Å². The molecule has 0 spiro atoms. The minimum atomic E-state index is -0.105. The van der Waals surface area contributed by atoms with Crippen molar-refractivity contribution in [2.24, 2.45) is 0 Å². The molecule has 3 aromatic rings. The van der Waals surface area contributed by atoms with Gasteiger partial charge in [0.1, 0.15) is 11.6 Å². The highest BCUT2D eigenvalue weighted by Gasteiger charge is 2.28. The number of amides is 1. The fourth-order valence-electron chi connectivity index (χ4n) is 2.96. The molecule has 5 nitrogen and oxygen atoms in total. The standard InChI is InChI=1S/C19H19N3O2/c1-24-15-10-6-13(7-11-15)19(23)20-12-18-21-16-4-2-3-5-17(16)22(18)14-8-9-14/h2-7,10-11,14H,8-9,12H2,1H3,(H,20,23). The zero-order chi connectivity index (χ0) is 16.5. The molecule has 1 aliphatic carbocycles. The summed E-state index contributed by atoms with van der Waals surface area (Å²) in [5.74, 6) is 1.55. The van der Waals surface area contributed by atoms with Crippen LogP contribution in [-0.4, -0.2) is 22.6 Å². The summed E-state index contributed by atoms with van der Waals surface area (Å²) in [7, 11) is 1.61. The number of nitrogens with one attached hydrogen (secondary N) is 1. The Bertz CT molecular complexity index is 879. The molecular weight excluding hydrogens is 302 g/mol. The maximum Gasteiger partial charge on any atom is 0.251 e. The Balaban J connectivity index is 1.54. The number of benzene rings is 2. The molecule has 1 aliphatic rings. The van der Waals surface area contributed by atoms with E-state index in [1.54, 1.807) is 31.4 Å². The van der Waals surface area contributed by atoms with Gasteiger partial charge in [-0.25, -0.2) is 4.98 Å². The first kappa shape index (κ1) is 14.8. The monoisotopic (exact) mass is 321 g/mol. The van der Waals surface area contributed by atoms with E-state index in [1.807, 2.05) is 18.2 Å². The minimum absolute atomic E-state index is 0.105. The first-order valence-corrected chi connectivity index (χ1v) is 8.14. The van der Waals surface area contributed by atoms with Crippen molar-refractivity contribution in [2.75, 3.05) is 7.11 Å². The molecule has 5 heteroatoms. The highest BCUT2D eigenvalue weighted by Crippen LogP contribution is 2.38. The molecule has 0 aliphatic heterocycles. The van der Waals surface area contributed by atoms with Crippen LogP contribution in [0.2, 0.25) is 0 Å². The van der Waals surface area contributed by atoms with Crippen molar-refractivity contribution in [3.05, 3.63) is 59.9 Å². The summed E-state index contributed by atoms with van der Waals surface area (Å²) < 4.78 is 7.38. The predicted octanol–water partition coefficient (Wildman–Crippen LogP) is 3.31. The summed E-state index contributed by atoms with van der Waals surface area (Å²) in [6, 6.07) is 15.7. The molecule has 1 saturated carbocycles. The summed E-state index contributed by atoms with van der Waals surface area (Å²) in [5, 5.41) is 2.97. The van der Waals surface area contributed by atoms with Gasteiger partial charge in [-0.05, 0) is 49.2 Å². The maximum atomic E-state index is 12.3. The van der Waals surface area contributed by atoms with Crippen molar-refractivity contribution in [3.8, 4) is 5.75 Å². The molecule has 1 amide bonds. The Hall–Kier alpha value is -2.82. The van der Waals surface area contributed by atoms with E-state index in [4.69, 9.17) is 9.72 Å². The number of rotatable bonds is 5. The SMILES string of the molecule is COc1ccc(C(=O)NCc2nc3ccccc3n2C2CC2)cc1. The highest BCUT2D eigenvalue weighted by molar-refractivity contribution is 5.94. The molecular formula is C19H19N3O2. The molecule has 1 aromatic heterocycles. The van der Waals surface area contributed by atoms with Gasteiger partial charge in [0, 0.05) is 11.6 Å². The van der Waals surface area contributed by atoms with Gasteiger partial charge in [0.15, 0.2) is 0 Å².